The lowest BCUT2D eigenvalue weighted by atomic mass is 9.70. The molecule has 1 aromatic carbocycles. The number of nitrogens with one attached hydrogen (secondary N) is 1. The Hall–Kier alpha value is -2.45. The third kappa shape index (κ3) is 1.81. The predicted octanol–water partition coefficient (Wildman–Crippen LogP) is 2.93. The van der Waals surface area contributed by atoms with Gasteiger partial charge in [-0.3, -0.25) is 4.79 Å². The second-order valence-electron chi connectivity index (χ2n) is 5.65. The number of fused-ring (bicyclic) bond motifs is 3. The molecule has 4 nitrogen and oxygen atoms in total. The van der Waals surface area contributed by atoms with Gasteiger partial charge in [-0.2, -0.15) is 5.26 Å². The van der Waals surface area contributed by atoms with Crippen LogP contribution in [0.2, 0.25) is 0 Å². The van der Waals surface area contributed by atoms with Crippen molar-refractivity contribution in [3.8, 4) is 6.07 Å². The number of hydrogen-bond donors (Lipinski definition) is 1. The normalized spacial score (nSPS) is 20.5. The van der Waals surface area contributed by atoms with Gasteiger partial charge in [0.05, 0.1) is 23.2 Å². The van der Waals surface area contributed by atoms with E-state index in [2.05, 4.69) is 16.0 Å². The Labute approximate surface area is 131 Å². The summed E-state index contributed by atoms with van der Waals surface area (Å²) in [6, 6.07) is 12.5. The van der Waals surface area contributed by atoms with Gasteiger partial charge in [-0.1, -0.05) is 30.3 Å². The number of rotatable bonds is 1. The number of nitriles is 1. The largest absolute Gasteiger partial charge is 0.313 e. The van der Waals surface area contributed by atoms with Gasteiger partial charge in [-0.15, -0.1) is 11.3 Å². The Morgan fingerprint density at radius 1 is 1.32 bits per heavy atom. The van der Waals surface area contributed by atoms with E-state index in [0.717, 1.165) is 33.7 Å². The number of aromatic amines is 1. The van der Waals surface area contributed by atoms with Crippen LogP contribution in [0.1, 0.15) is 22.4 Å². The van der Waals surface area contributed by atoms with Gasteiger partial charge in [0.25, 0.3) is 5.56 Å². The Balaban J connectivity index is 1.88. The predicted molar refractivity (Wildman–Crippen MR) is 86.0 cm³/mol. The number of H-pyrrole nitrogens is 1. The van der Waals surface area contributed by atoms with Crippen LogP contribution >= 0.6 is 11.3 Å². The van der Waals surface area contributed by atoms with E-state index >= 15 is 0 Å². The molecular weight excluding hydrogens is 294 g/mol. The fraction of sp³-hybridized carbons (Fsp3) is 0.235. The van der Waals surface area contributed by atoms with Gasteiger partial charge in [0.1, 0.15) is 4.83 Å². The number of nitrogens with zero attached hydrogens (tertiary/aromatic N) is 2. The first-order valence-electron chi connectivity index (χ1n) is 7.18. The molecule has 0 spiro atoms. The highest BCUT2D eigenvalue weighted by atomic mass is 32.1. The first kappa shape index (κ1) is 13.2. The van der Waals surface area contributed by atoms with Crippen LogP contribution in [0.15, 0.2) is 41.5 Å². The van der Waals surface area contributed by atoms with Crippen LogP contribution in [0.4, 0.5) is 0 Å². The summed E-state index contributed by atoms with van der Waals surface area (Å²) in [5.41, 5.74) is 1.56. The highest BCUT2D eigenvalue weighted by Crippen LogP contribution is 2.42. The van der Waals surface area contributed by atoms with Crippen molar-refractivity contribution in [1.29, 1.82) is 5.26 Å². The van der Waals surface area contributed by atoms with E-state index in [9.17, 15) is 10.1 Å². The van der Waals surface area contributed by atoms with Gasteiger partial charge in [-0.25, -0.2) is 4.98 Å². The molecule has 4 rings (SSSR count). The van der Waals surface area contributed by atoms with E-state index in [0.29, 0.717) is 11.8 Å². The van der Waals surface area contributed by atoms with Crippen molar-refractivity contribution in [2.45, 2.75) is 24.7 Å². The van der Waals surface area contributed by atoms with Crippen LogP contribution in [-0.4, -0.2) is 9.97 Å². The maximum Gasteiger partial charge on any atom is 0.259 e. The standard InChI is InChI=1S/C17H13N3OS/c18-9-17(11-4-2-1-3-5-11)7-6-12-13(8-17)22-16-14(12)15(21)19-10-20-16/h1-5,10H,6-8H2,(H,19,20,21)/t17-/m1/s1. The highest BCUT2D eigenvalue weighted by Gasteiger charge is 2.38. The molecule has 1 N–H and O–H groups in total. The molecule has 1 aliphatic carbocycles. The van der Waals surface area contributed by atoms with Gasteiger partial charge >= 0.3 is 0 Å². The molecule has 2 heterocycles. The zero-order valence-corrected chi connectivity index (χ0v) is 12.6. The first-order valence-corrected chi connectivity index (χ1v) is 8.00. The maximum absolute atomic E-state index is 12.1. The lowest BCUT2D eigenvalue weighted by Crippen LogP contribution is -2.31. The number of hydrogen-bond acceptors (Lipinski definition) is 4. The molecule has 5 heteroatoms. The fourth-order valence-corrected chi connectivity index (χ4v) is 4.62. The van der Waals surface area contributed by atoms with E-state index in [1.54, 1.807) is 11.3 Å². The summed E-state index contributed by atoms with van der Waals surface area (Å²) in [6.45, 7) is 0. The van der Waals surface area contributed by atoms with Gasteiger partial charge in [-0.05, 0) is 24.0 Å². The molecule has 0 saturated heterocycles. The van der Waals surface area contributed by atoms with E-state index in [1.807, 2.05) is 30.3 Å². The van der Waals surface area contributed by atoms with Crippen LogP contribution in [0, 0.1) is 11.3 Å². The summed E-state index contributed by atoms with van der Waals surface area (Å²) in [5, 5.41) is 10.5. The Bertz CT molecular complexity index is 951. The molecule has 0 fully saturated rings. The van der Waals surface area contributed by atoms with Crippen molar-refractivity contribution in [3.05, 3.63) is 63.0 Å². The summed E-state index contributed by atoms with van der Waals surface area (Å²) in [5.74, 6) is 0. The lowest BCUT2D eigenvalue weighted by molar-refractivity contribution is 0.480. The smallest absolute Gasteiger partial charge is 0.259 e. The number of aryl methyl sites for hydroxylation is 1. The third-order valence-corrected chi connectivity index (χ3v) is 5.62. The fourth-order valence-electron chi connectivity index (χ4n) is 3.32. The van der Waals surface area contributed by atoms with Crippen molar-refractivity contribution in [2.75, 3.05) is 0 Å². The highest BCUT2D eigenvalue weighted by molar-refractivity contribution is 7.18. The van der Waals surface area contributed by atoms with Gasteiger partial charge in [0, 0.05) is 11.3 Å². The first-order chi connectivity index (χ1) is 10.7. The molecule has 0 aliphatic heterocycles. The minimum Gasteiger partial charge on any atom is -0.313 e. The van der Waals surface area contributed by atoms with Gasteiger partial charge in [0.15, 0.2) is 0 Å². The SMILES string of the molecule is N#C[C@@]1(c2ccccc2)CCc2c(sc3nc[nH]c(=O)c23)C1. The van der Waals surface area contributed by atoms with Gasteiger partial charge in [0.2, 0.25) is 0 Å². The molecule has 108 valence electrons. The Kier molecular flexibility index (Phi) is 2.88. The van der Waals surface area contributed by atoms with Crippen molar-refractivity contribution < 1.29 is 0 Å². The summed E-state index contributed by atoms with van der Waals surface area (Å²) < 4.78 is 0. The minimum absolute atomic E-state index is 0.0772. The quantitative estimate of drug-likeness (QED) is 0.751. The number of thiophene rings is 1. The molecule has 0 unspecified atom stereocenters. The second kappa shape index (κ2) is 4.79. The van der Waals surface area contributed by atoms with Crippen molar-refractivity contribution in [3.63, 3.8) is 0 Å². The third-order valence-electron chi connectivity index (χ3n) is 4.48. The van der Waals surface area contributed by atoms with E-state index in [1.165, 1.54) is 6.33 Å². The molecule has 2 aromatic heterocycles. The average Bonchev–Trinajstić information content (AvgIpc) is 2.94. The summed E-state index contributed by atoms with van der Waals surface area (Å²) >= 11 is 1.54. The topological polar surface area (TPSA) is 69.5 Å². The van der Waals surface area contributed by atoms with E-state index < -0.39 is 5.41 Å². The molecule has 22 heavy (non-hydrogen) atoms. The molecule has 3 aromatic rings. The molecular formula is C17H13N3OS. The van der Waals surface area contributed by atoms with Crippen LogP contribution in [0.5, 0.6) is 0 Å². The van der Waals surface area contributed by atoms with Crippen LogP contribution in [-0.2, 0) is 18.3 Å². The van der Waals surface area contributed by atoms with Crippen molar-refractivity contribution in [2.24, 2.45) is 0 Å². The average molecular weight is 307 g/mol. The summed E-state index contributed by atoms with van der Waals surface area (Å²) in [7, 11) is 0. The lowest BCUT2D eigenvalue weighted by Gasteiger charge is -2.31. The van der Waals surface area contributed by atoms with E-state index in [-0.39, 0.29) is 5.56 Å². The van der Waals surface area contributed by atoms with Crippen LogP contribution < -0.4 is 5.56 Å². The van der Waals surface area contributed by atoms with Crippen molar-refractivity contribution in [1.82, 2.24) is 9.97 Å². The van der Waals surface area contributed by atoms with Crippen LogP contribution in [0.3, 0.4) is 0 Å². The molecule has 0 radical (unpaired) electrons. The minimum atomic E-state index is -0.498. The van der Waals surface area contributed by atoms with Gasteiger partial charge < -0.3 is 4.98 Å². The number of aromatic nitrogens is 2. The summed E-state index contributed by atoms with van der Waals surface area (Å²) in [4.78, 5) is 20.9. The van der Waals surface area contributed by atoms with Crippen LogP contribution in [0.25, 0.3) is 10.2 Å². The van der Waals surface area contributed by atoms with E-state index in [4.69, 9.17) is 0 Å². The molecule has 1 atom stereocenters. The molecule has 1 aliphatic rings. The van der Waals surface area contributed by atoms with Crippen molar-refractivity contribution >= 4 is 21.6 Å². The molecule has 0 bridgehead atoms. The Morgan fingerprint density at radius 2 is 2.14 bits per heavy atom. The number of benzene rings is 1. The zero-order valence-electron chi connectivity index (χ0n) is 11.8. The zero-order chi connectivity index (χ0) is 15.2. The maximum atomic E-state index is 12.1. The Morgan fingerprint density at radius 3 is 2.91 bits per heavy atom. The monoisotopic (exact) mass is 307 g/mol. The summed E-state index contributed by atoms with van der Waals surface area (Å²) in [6.07, 6.45) is 3.58. The molecule has 0 amide bonds. The second-order valence-corrected chi connectivity index (χ2v) is 6.74. The molecule has 0 saturated carbocycles.